The second-order valence-electron chi connectivity index (χ2n) is 4.89. The predicted octanol–water partition coefficient (Wildman–Crippen LogP) is 4.39. The summed E-state index contributed by atoms with van der Waals surface area (Å²) in [4.78, 5) is 23.3. The molecule has 2 rings (SSSR count). The minimum atomic E-state index is -4.43. The highest BCUT2D eigenvalue weighted by molar-refractivity contribution is 6.06. The molecular formula is C18H13F3O3. The molecule has 2 aromatic carbocycles. The minimum Gasteiger partial charge on any atom is -0.465 e. The maximum Gasteiger partial charge on any atom is 0.416 e. The molecule has 0 radical (unpaired) electrons. The van der Waals surface area contributed by atoms with Crippen LogP contribution in [-0.4, -0.2) is 18.9 Å². The zero-order valence-corrected chi connectivity index (χ0v) is 12.6. The van der Waals surface area contributed by atoms with Crippen LogP contribution in [0.15, 0.2) is 54.6 Å². The van der Waals surface area contributed by atoms with E-state index in [1.165, 1.54) is 19.3 Å². The molecule has 124 valence electrons. The van der Waals surface area contributed by atoms with E-state index in [-0.39, 0.29) is 5.56 Å². The summed E-state index contributed by atoms with van der Waals surface area (Å²) in [5.74, 6) is -0.882. The van der Waals surface area contributed by atoms with E-state index < -0.39 is 23.5 Å². The van der Waals surface area contributed by atoms with E-state index in [0.29, 0.717) is 11.1 Å². The number of rotatable bonds is 4. The Hall–Kier alpha value is -2.89. The van der Waals surface area contributed by atoms with Gasteiger partial charge in [0.25, 0.3) is 0 Å². The number of hydrogen-bond donors (Lipinski definition) is 0. The van der Waals surface area contributed by atoms with Gasteiger partial charge in [-0.25, -0.2) is 4.79 Å². The molecule has 0 saturated carbocycles. The lowest BCUT2D eigenvalue weighted by atomic mass is 10.1. The number of methoxy groups -OCH3 is 1. The van der Waals surface area contributed by atoms with Crippen molar-refractivity contribution in [2.45, 2.75) is 6.18 Å². The van der Waals surface area contributed by atoms with Gasteiger partial charge in [-0.1, -0.05) is 30.3 Å². The summed E-state index contributed by atoms with van der Waals surface area (Å²) in [7, 11) is 1.28. The van der Waals surface area contributed by atoms with E-state index in [1.54, 1.807) is 24.3 Å². The first-order chi connectivity index (χ1) is 11.3. The fourth-order valence-corrected chi connectivity index (χ4v) is 1.94. The lowest BCUT2D eigenvalue weighted by Gasteiger charge is -2.06. The molecule has 0 spiro atoms. The molecule has 0 bridgehead atoms. The van der Waals surface area contributed by atoms with E-state index in [1.807, 2.05) is 0 Å². The summed E-state index contributed by atoms with van der Waals surface area (Å²) in [6, 6.07) is 10.4. The molecule has 0 aliphatic heterocycles. The molecule has 0 heterocycles. The third-order valence-electron chi connectivity index (χ3n) is 3.26. The maximum atomic E-state index is 12.5. The largest absolute Gasteiger partial charge is 0.465 e. The highest BCUT2D eigenvalue weighted by atomic mass is 19.4. The zero-order chi connectivity index (χ0) is 17.7. The van der Waals surface area contributed by atoms with Crippen LogP contribution in [0.2, 0.25) is 0 Å². The highest BCUT2D eigenvalue weighted by Gasteiger charge is 2.30. The van der Waals surface area contributed by atoms with Crippen LogP contribution in [0.1, 0.15) is 31.8 Å². The van der Waals surface area contributed by atoms with Gasteiger partial charge in [0.2, 0.25) is 0 Å². The Balaban J connectivity index is 2.08. The van der Waals surface area contributed by atoms with Crippen molar-refractivity contribution in [1.29, 1.82) is 0 Å². The number of alkyl halides is 3. The number of ether oxygens (including phenoxy) is 1. The standard InChI is InChI=1S/C18H13F3O3/c1-24-17(23)14-5-2-12(3-6-14)4-11-16(22)13-7-9-15(10-8-13)18(19,20)21/h2-11H,1H3/b11-4+. The average Bonchev–Trinajstić information content (AvgIpc) is 2.58. The summed E-state index contributed by atoms with van der Waals surface area (Å²) in [5, 5.41) is 0. The number of allylic oxidation sites excluding steroid dienone is 1. The lowest BCUT2D eigenvalue weighted by Crippen LogP contribution is -2.05. The fraction of sp³-hybridized carbons (Fsp3) is 0.111. The molecule has 0 unspecified atom stereocenters. The quantitative estimate of drug-likeness (QED) is 0.473. The van der Waals surface area contributed by atoms with E-state index in [0.717, 1.165) is 24.3 Å². The van der Waals surface area contributed by atoms with Crippen LogP contribution in [-0.2, 0) is 10.9 Å². The minimum absolute atomic E-state index is 0.158. The van der Waals surface area contributed by atoms with Gasteiger partial charge < -0.3 is 4.74 Å². The van der Waals surface area contributed by atoms with Crippen molar-refractivity contribution in [3.8, 4) is 0 Å². The van der Waals surface area contributed by atoms with E-state index in [9.17, 15) is 22.8 Å². The normalized spacial score (nSPS) is 11.5. The number of halogens is 3. The molecule has 0 amide bonds. The van der Waals surface area contributed by atoms with Gasteiger partial charge in [-0.05, 0) is 35.9 Å². The Bertz CT molecular complexity index is 758. The first-order valence-electron chi connectivity index (χ1n) is 6.89. The molecule has 0 atom stereocenters. The van der Waals surface area contributed by atoms with Gasteiger partial charge >= 0.3 is 12.1 Å². The number of esters is 1. The fourth-order valence-electron chi connectivity index (χ4n) is 1.94. The molecule has 0 aliphatic rings. The number of carbonyl (C=O) groups excluding carboxylic acids is 2. The molecule has 3 nitrogen and oxygen atoms in total. The van der Waals surface area contributed by atoms with Crippen LogP contribution in [0.3, 0.4) is 0 Å². The van der Waals surface area contributed by atoms with Crippen molar-refractivity contribution in [3.63, 3.8) is 0 Å². The molecule has 24 heavy (non-hydrogen) atoms. The molecule has 0 aromatic heterocycles. The Labute approximate surface area is 136 Å². The number of hydrogen-bond acceptors (Lipinski definition) is 3. The van der Waals surface area contributed by atoms with Crippen LogP contribution in [0.25, 0.3) is 6.08 Å². The summed E-state index contributed by atoms with van der Waals surface area (Å²) in [6.07, 6.45) is -1.66. The summed E-state index contributed by atoms with van der Waals surface area (Å²) in [5.41, 5.74) is 0.401. The van der Waals surface area contributed by atoms with E-state index in [2.05, 4.69) is 4.74 Å². The second kappa shape index (κ2) is 7.12. The van der Waals surface area contributed by atoms with Gasteiger partial charge in [-0.3, -0.25) is 4.79 Å². The molecule has 0 saturated heterocycles. The van der Waals surface area contributed by atoms with Gasteiger partial charge in [0, 0.05) is 5.56 Å². The molecular weight excluding hydrogens is 321 g/mol. The monoisotopic (exact) mass is 334 g/mol. The zero-order valence-electron chi connectivity index (χ0n) is 12.6. The van der Waals surface area contributed by atoms with Crippen LogP contribution in [0.4, 0.5) is 13.2 Å². The third kappa shape index (κ3) is 4.32. The topological polar surface area (TPSA) is 43.4 Å². The van der Waals surface area contributed by atoms with Crippen molar-refractivity contribution in [2.75, 3.05) is 7.11 Å². The number of carbonyl (C=O) groups is 2. The Morgan fingerprint density at radius 3 is 1.96 bits per heavy atom. The van der Waals surface area contributed by atoms with Crippen molar-refractivity contribution < 1.29 is 27.5 Å². The number of ketones is 1. The predicted molar refractivity (Wildman–Crippen MR) is 82.6 cm³/mol. The SMILES string of the molecule is COC(=O)c1ccc(/C=C/C(=O)c2ccc(C(F)(F)F)cc2)cc1. The molecule has 0 fully saturated rings. The third-order valence-corrected chi connectivity index (χ3v) is 3.26. The van der Waals surface area contributed by atoms with Gasteiger partial charge in [-0.2, -0.15) is 13.2 Å². The average molecular weight is 334 g/mol. The van der Waals surface area contributed by atoms with Gasteiger partial charge in [0.05, 0.1) is 18.2 Å². The summed E-state index contributed by atoms with van der Waals surface area (Å²) >= 11 is 0. The van der Waals surface area contributed by atoms with Gasteiger partial charge in [0.15, 0.2) is 5.78 Å². The molecule has 0 aliphatic carbocycles. The Morgan fingerprint density at radius 1 is 0.917 bits per heavy atom. The molecule has 2 aromatic rings. The highest BCUT2D eigenvalue weighted by Crippen LogP contribution is 2.29. The maximum absolute atomic E-state index is 12.5. The molecule has 0 N–H and O–H groups in total. The second-order valence-corrected chi connectivity index (χ2v) is 4.89. The summed E-state index contributed by atoms with van der Waals surface area (Å²) in [6.45, 7) is 0. The van der Waals surface area contributed by atoms with Crippen LogP contribution >= 0.6 is 0 Å². The van der Waals surface area contributed by atoms with Gasteiger partial charge in [0.1, 0.15) is 0 Å². The Morgan fingerprint density at radius 2 is 1.46 bits per heavy atom. The van der Waals surface area contributed by atoms with Crippen molar-refractivity contribution in [3.05, 3.63) is 76.9 Å². The van der Waals surface area contributed by atoms with Gasteiger partial charge in [-0.15, -0.1) is 0 Å². The van der Waals surface area contributed by atoms with E-state index in [4.69, 9.17) is 0 Å². The van der Waals surface area contributed by atoms with Crippen molar-refractivity contribution in [1.82, 2.24) is 0 Å². The van der Waals surface area contributed by atoms with Crippen molar-refractivity contribution in [2.24, 2.45) is 0 Å². The summed E-state index contributed by atoms with van der Waals surface area (Å²) < 4.78 is 42.0. The van der Waals surface area contributed by atoms with Crippen LogP contribution < -0.4 is 0 Å². The molecule has 6 heteroatoms. The lowest BCUT2D eigenvalue weighted by molar-refractivity contribution is -0.137. The smallest absolute Gasteiger partial charge is 0.416 e. The Kier molecular flexibility index (Phi) is 5.18. The first-order valence-corrected chi connectivity index (χ1v) is 6.89. The first kappa shape index (κ1) is 17.5. The van der Waals surface area contributed by atoms with Crippen molar-refractivity contribution >= 4 is 17.8 Å². The van der Waals surface area contributed by atoms with E-state index >= 15 is 0 Å². The van der Waals surface area contributed by atoms with Crippen LogP contribution in [0, 0.1) is 0 Å². The van der Waals surface area contributed by atoms with Crippen LogP contribution in [0.5, 0.6) is 0 Å². The number of benzene rings is 2.